The van der Waals surface area contributed by atoms with Gasteiger partial charge in [-0.05, 0) is 31.3 Å². The van der Waals surface area contributed by atoms with Crippen molar-refractivity contribution in [3.8, 4) is 0 Å². The number of pyridine rings is 2. The van der Waals surface area contributed by atoms with Gasteiger partial charge < -0.3 is 10.2 Å². The van der Waals surface area contributed by atoms with Gasteiger partial charge in [-0.3, -0.25) is 29.4 Å². The molecule has 0 atom stereocenters. The quantitative estimate of drug-likeness (QED) is 0.379. The van der Waals surface area contributed by atoms with Crippen molar-refractivity contribution in [1.29, 1.82) is 0 Å². The summed E-state index contributed by atoms with van der Waals surface area (Å²) in [5.41, 5.74) is 4.96. The summed E-state index contributed by atoms with van der Waals surface area (Å²) in [7, 11) is 2.05. The number of fused-ring (bicyclic) bond motifs is 5. The van der Waals surface area contributed by atoms with Crippen LogP contribution in [-0.2, 0) is 6.54 Å². The zero-order chi connectivity index (χ0) is 24.6. The Morgan fingerprint density at radius 3 is 2.72 bits per heavy atom. The fraction of sp³-hybridized carbons (Fsp3) is 0.240. The van der Waals surface area contributed by atoms with E-state index in [0.717, 1.165) is 29.0 Å². The van der Waals surface area contributed by atoms with E-state index in [1.165, 1.54) is 11.3 Å². The van der Waals surface area contributed by atoms with Crippen LogP contribution in [0.1, 0.15) is 16.1 Å². The lowest BCUT2D eigenvalue weighted by Gasteiger charge is -2.32. The first-order valence-corrected chi connectivity index (χ1v) is 12.5. The normalized spacial score (nSPS) is 15.0. The van der Waals surface area contributed by atoms with Gasteiger partial charge in [0.15, 0.2) is 5.65 Å². The molecule has 2 N–H and O–H groups in total. The molecule has 0 unspecified atom stereocenters. The number of carbonyl (C=O) groups is 1. The summed E-state index contributed by atoms with van der Waals surface area (Å²) in [6.07, 6.45) is 4.95. The Bertz CT molecular complexity index is 1640. The number of piperazine rings is 1. The van der Waals surface area contributed by atoms with Crippen molar-refractivity contribution in [3.05, 3.63) is 76.5 Å². The Morgan fingerprint density at radius 2 is 1.92 bits per heavy atom. The number of thiazole rings is 1. The van der Waals surface area contributed by atoms with E-state index in [1.54, 1.807) is 30.7 Å². The second kappa shape index (κ2) is 9.26. The smallest absolute Gasteiger partial charge is 0.272 e. The van der Waals surface area contributed by atoms with E-state index in [0.29, 0.717) is 41.3 Å². The highest BCUT2D eigenvalue weighted by Gasteiger charge is 2.25. The van der Waals surface area contributed by atoms with E-state index >= 15 is 0 Å². The molecule has 0 bridgehead atoms. The highest BCUT2D eigenvalue weighted by molar-refractivity contribution is 7.24. The average molecular weight is 501 g/mol. The van der Waals surface area contributed by atoms with Crippen LogP contribution in [0.5, 0.6) is 0 Å². The number of likely N-dealkylation sites (N-methyl/N-ethyl adjacent to an activating group) is 1. The fourth-order valence-corrected chi connectivity index (χ4v) is 5.59. The molecule has 0 aliphatic carbocycles. The molecule has 1 fully saturated rings. The molecule has 0 saturated carbocycles. The molecule has 10 nitrogen and oxygen atoms in total. The summed E-state index contributed by atoms with van der Waals surface area (Å²) in [6.45, 7) is 3.55. The van der Waals surface area contributed by atoms with Crippen LogP contribution in [0.15, 0.2) is 59.8 Å². The largest absolute Gasteiger partial charge is 0.364 e. The predicted octanol–water partition coefficient (Wildman–Crippen LogP) is 2.36. The van der Waals surface area contributed by atoms with Crippen molar-refractivity contribution in [2.45, 2.75) is 6.54 Å². The molecule has 1 aromatic carbocycles. The number of aromatic nitrogens is 4. The molecular formula is C25H24N8O2S. The molecule has 182 valence electrons. The molecule has 5 heterocycles. The number of anilines is 1. The van der Waals surface area contributed by atoms with Gasteiger partial charge in [-0.25, -0.2) is 9.99 Å². The number of rotatable bonds is 5. The van der Waals surface area contributed by atoms with Crippen molar-refractivity contribution in [3.63, 3.8) is 0 Å². The summed E-state index contributed by atoms with van der Waals surface area (Å²) in [5.74, 6) is 0.214. The van der Waals surface area contributed by atoms with Crippen LogP contribution < -0.4 is 16.2 Å². The summed E-state index contributed by atoms with van der Waals surface area (Å²) in [4.78, 5) is 43.1. The maximum Gasteiger partial charge on any atom is 0.272 e. The van der Waals surface area contributed by atoms with E-state index < -0.39 is 0 Å². The van der Waals surface area contributed by atoms with Crippen LogP contribution in [-0.4, -0.2) is 68.4 Å². The third-order valence-corrected chi connectivity index (χ3v) is 7.49. The molecule has 5 aromatic rings. The number of carbonyl (C=O) groups excluding carboxylic acids is 1. The minimum absolute atomic E-state index is 0.143. The van der Waals surface area contributed by atoms with Gasteiger partial charge in [0, 0.05) is 38.6 Å². The average Bonchev–Trinajstić information content (AvgIpc) is 3.28. The molecule has 1 amide bonds. The minimum atomic E-state index is -0.389. The number of hydrazine groups is 1. The lowest BCUT2D eigenvalue weighted by atomic mass is 10.1. The van der Waals surface area contributed by atoms with Gasteiger partial charge in [0.1, 0.15) is 16.2 Å². The third kappa shape index (κ3) is 4.06. The van der Waals surface area contributed by atoms with E-state index in [4.69, 9.17) is 4.98 Å². The molecule has 11 heteroatoms. The SMILES string of the molecule is CN1CCN(NC(=O)c2c(=O)c3ccc(NCc4cnccn4)nc3n3c2sc2ccccc23)CC1. The first kappa shape index (κ1) is 22.5. The molecule has 4 aromatic heterocycles. The van der Waals surface area contributed by atoms with Crippen molar-refractivity contribution in [2.75, 3.05) is 38.5 Å². The van der Waals surface area contributed by atoms with E-state index in [9.17, 15) is 9.59 Å². The first-order valence-electron chi connectivity index (χ1n) is 11.7. The standard InChI is InChI=1S/C25H24N8O2S/c1-31-10-12-32(13-11-31)30-24(35)21-22(34)17-6-7-20(28-15-16-14-26-8-9-27-16)29-23(17)33-18-4-2-3-5-19(18)36-25(21)33/h2-9,14H,10-13,15H2,1H3,(H,28,29)(H,30,35). The Hall–Kier alpha value is -3.93. The van der Waals surface area contributed by atoms with Crippen LogP contribution in [0.3, 0.4) is 0 Å². The van der Waals surface area contributed by atoms with Gasteiger partial charge in [0.2, 0.25) is 5.43 Å². The number of para-hydroxylation sites is 1. The van der Waals surface area contributed by atoms with Crippen molar-refractivity contribution < 1.29 is 4.79 Å². The van der Waals surface area contributed by atoms with Gasteiger partial charge in [0.05, 0.1) is 34.0 Å². The number of amides is 1. The number of nitrogens with one attached hydrogen (secondary N) is 2. The second-order valence-corrected chi connectivity index (χ2v) is 9.79. The summed E-state index contributed by atoms with van der Waals surface area (Å²) < 4.78 is 2.89. The molecule has 1 aliphatic heterocycles. The first-order chi connectivity index (χ1) is 17.6. The lowest BCUT2D eigenvalue weighted by molar-refractivity contribution is 0.0663. The van der Waals surface area contributed by atoms with E-state index in [2.05, 4.69) is 32.7 Å². The molecule has 1 saturated heterocycles. The summed E-state index contributed by atoms with van der Waals surface area (Å²) >= 11 is 1.42. The number of benzene rings is 1. The zero-order valence-corrected chi connectivity index (χ0v) is 20.5. The van der Waals surface area contributed by atoms with Crippen LogP contribution in [0.2, 0.25) is 0 Å². The highest BCUT2D eigenvalue weighted by atomic mass is 32.1. The highest BCUT2D eigenvalue weighted by Crippen LogP contribution is 2.31. The molecular weight excluding hydrogens is 476 g/mol. The van der Waals surface area contributed by atoms with Crippen LogP contribution in [0.25, 0.3) is 26.1 Å². The monoisotopic (exact) mass is 500 g/mol. The topological polar surface area (TPSA) is 108 Å². The molecule has 6 rings (SSSR count). The number of hydrogen-bond acceptors (Lipinski definition) is 9. The minimum Gasteiger partial charge on any atom is -0.364 e. The third-order valence-electron chi connectivity index (χ3n) is 6.35. The van der Waals surface area contributed by atoms with Gasteiger partial charge in [0.25, 0.3) is 5.91 Å². The van der Waals surface area contributed by atoms with Crippen molar-refractivity contribution >= 4 is 49.1 Å². The molecule has 0 spiro atoms. The molecule has 0 radical (unpaired) electrons. The van der Waals surface area contributed by atoms with Crippen LogP contribution in [0.4, 0.5) is 5.82 Å². The van der Waals surface area contributed by atoms with Crippen molar-refractivity contribution in [2.24, 2.45) is 0 Å². The van der Waals surface area contributed by atoms with Gasteiger partial charge in [-0.15, -0.1) is 11.3 Å². The van der Waals surface area contributed by atoms with Crippen molar-refractivity contribution in [1.82, 2.24) is 34.7 Å². The Balaban J connectivity index is 1.46. The van der Waals surface area contributed by atoms with Gasteiger partial charge >= 0.3 is 0 Å². The van der Waals surface area contributed by atoms with Gasteiger partial charge in [-0.2, -0.15) is 0 Å². The van der Waals surface area contributed by atoms with E-state index in [-0.39, 0.29) is 16.9 Å². The van der Waals surface area contributed by atoms with Crippen LogP contribution in [0, 0.1) is 0 Å². The van der Waals surface area contributed by atoms with Gasteiger partial charge in [-0.1, -0.05) is 12.1 Å². The number of hydrogen-bond donors (Lipinski definition) is 2. The Kier molecular flexibility index (Phi) is 5.80. The summed E-state index contributed by atoms with van der Waals surface area (Å²) in [5, 5.41) is 5.53. The maximum atomic E-state index is 13.7. The Labute approximate surface area is 210 Å². The summed E-state index contributed by atoms with van der Waals surface area (Å²) in [6, 6.07) is 11.3. The Morgan fingerprint density at radius 1 is 1.08 bits per heavy atom. The lowest BCUT2D eigenvalue weighted by Crippen LogP contribution is -2.53. The maximum absolute atomic E-state index is 13.7. The van der Waals surface area contributed by atoms with E-state index in [1.807, 2.05) is 33.7 Å². The molecule has 1 aliphatic rings. The molecule has 36 heavy (non-hydrogen) atoms. The fourth-order valence-electron chi connectivity index (χ4n) is 4.41. The van der Waals surface area contributed by atoms with Crippen LogP contribution >= 0.6 is 11.3 Å². The predicted molar refractivity (Wildman–Crippen MR) is 140 cm³/mol. The number of nitrogens with zero attached hydrogens (tertiary/aromatic N) is 6. The second-order valence-electron chi connectivity index (χ2n) is 8.76. The zero-order valence-electron chi connectivity index (χ0n) is 19.6.